The van der Waals surface area contributed by atoms with E-state index in [9.17, 15) is 0 Å². The van der Waals surface area contributed by atoms with E-state index in [1.54, 1.807) is 0 Å². The number of halogens is 8. The first kappa shape index (κ1) is 39.3. The van der Waals surface area contributed by atoms with Crippen LogP contribution in [0.1, 0.15) is 14.9 Å². The van der Waals surface area contributed by atoms with Crippen LogP contribution in [0.3, 0.4) is 0 Å². The van der Waals surface area contributed by atoms with Crippen LogP contribution < -0.4 is 0 Å². The summed E-state index contributed by atoms with van der Waals surface area (Å²) in [6, 6.07) is 0. The SMILES string of the molecule is C.C.CN=P(C)(CI)CI.ICP1(CI)=NP(CI)(CI)=NP(CI)(CI)=N1. The number of alkyl halides is 8. The Balaban J connectivity index is -0.000000537. The quantitative estimate of drug-likeness (QED) is 0.132. The van der Waals surface area contributed by atoms with Gasteiger partial charge in [0.15, 0.2) is 0 Å². The van der Waals surface area contributed by atoms with E-state index < -0.39 is 28.7 Å². The molecule has 0 saturated carbocycles. The number of nitrogens with zero attached hydrogens (tertiary/aromatic N) is 4. The topological polar surface area (TPSA) is 49.4 Å². The zero-order valence-electron chi connectivity index (χ0n) is 14.3. The Bertz CT molecular complexity index is 555. The Kier molecular flexibility index (Phi) is 27.8. The first-order valence-electron chi connectivity index (χ1n) is 6.96. The largest absolute Gasteiger partial charge is 0.305 e. The maximum atomic E-state index is 5.29. The van der Waals surface area contributed by atoms with Crippen molar-refractivity contribution in [3.63, 3.8) is 0 Å². The molecule has 0 spiro atoms. The van der Waals surface area contributed by atoms with E-state index in [0.29, 0.717) is 0 Å². The molecule has 4 nitrogen and oxygen atoms in total. The van der Waals surface area contributed by atoms with Gasteiger partial charge in [-0.05, 0) is 13.7 Å². The van der Waals surface area contributed by atoms with Crippen LogP contribution in [0.4, 0.5) is 0 Å². The van der Waals surface area contributed by atoms with Crippen LogP contribution in [0.2, 0.25) is 0 Å². The Morgan fingerprint density at radius 2 is 0.821 bits per heavy atom. The predicted molar refractivity (Wildman–Crippen MR) is 214 cm³/mol. The molecule has 0 aromatic carbocycles. The zero-order valence-corrected chi connectivity index (χ0v) is 35.1. The first-order chi connectivity index (χ1) is 12.2. The molecular weight excluding hydrogens is 1340 g/mol. The molecule has 174 valence electrons. The highest BCUT2D eigenvalue weighted by molar-refractivity contribution is 14.1. The van der Waals surface area contributed by atoms with Crippen LogP contribution in [-0.4, -0.2) is 47.1 Å². The maximum absolute atomic E-state index is 5.29. The Hall–Kier alpha value is 6.76. The van der Waals surface area contributed by atoms with Gasteiger partial charge in [0.05, 0.1) is 46.6 Å². The summed E-state index contributed by atoms with van der Waals surface area (Å²) in [6.07, 6.45) is 0. The molecule has 1 aliphatic heterocycles. The van der Waals surface area contributed by atoms with Crippen LogP contribution in [0, 0.1) is 0 Å². The highest BCUT2D eigenvalue weighted by Crippen LogP contribution is 2.80. The Morgan fingerprint density at radius 1 is 0.607 bits per heavy atom. The standard InChI is InChI=1S/C6H12I6N3P3.C4H10I2NP.2CH4/c7-1-16(2-8)13-17(3-9,4-10)15-18(5-11,6-12)14-16;1-7-8(2,3-5)4-6;;/h1-6H2;3-4H2,1-2H3;2*1H4. The second-order valence-electron chi connectivity index (χ2n) is 5.40. The highest BCUT2D eigenvalue weighted by Gasteiger charge is 2.33. The molecule has 0 aromatic heterocycles. The number of hydrogen-bond donors (Lipinski definition) is 0. The molecule has 28 heavy (non-hydrogen) atoms. The molecule has 0 saturated heterocycles. The van der Waals surface area contributed by atoms with E-state index in [1.165, 1.54) is 8.34 Å². The molecule has 0 aliphatic carbocycles. The van der Waals surface area contributed by atoms with Gasteiger partial charge in [-0.2, -0.15) is 0 Å². The molecule has 1 heterocycles. The van der Waals surface area contributed by atoms with Crippen molar-refractivity contribution in [1.29, 1.82) is 0 Å². The minimum atomic E-state index is -1.45. The molecule has 0 bridgehead atoms. The third-order valence-electron chi connectivity index (χ3n) is 3.15. The lowest BCUT2D eigenvalue weighted by Crippen LogP contribution is -1.94. The molecule has 0 radical (unpaired) electrons. The molecule has 0 amide bonds. The Morgan fingerprint density at radius 3 is 0.893 bits per heavy atom. The minimum absolute atomic E-state index is 0. The molecular formula is C12H30I8N4P4. The molecule has 0 aromatic rings. The van der Waals surface area contributed by atoms with Crippen molar-refractivity contribution < 1.29 is 0 Å². The van der Waals surface area contributed by atoms with E-state index in [-0.39, 0.29) is 14.9 Å². The molecule has 0 unspecified atom stereocenters. The van der Waals surface area contributed by atoms with Crippen molar-refractivity contribution in [2.24, 2.45) is 18.3 Å². The van der Waals surface area contributed by atoms with Crippen molar-refractivity contribution in [3.05, 3.63) is 0 Å². The van der Waals surface area contributed by atoms with Crippen molar-refractivity contribution >= 4 is 209 Å². The lowest BCUT2D eigenvalue weighted by atomic mass is 11.6. The fourth-order valence-electron chi connectivity index (χ4n) is 1.50. The second kappa shape index (κ2) is 19.8. The summed E-state index contributed by atoms with van der Waals surface area (Å²) in [4.78, 5) is 0. The third-order valence-corrected chi connectivity index (χ3v) is 43.9. The van der Waals surface area contributed by atoms with E-state index in [2.05, 4.69) is 192 Å². The average molecular weight is 1370 g/mol. The predicted octanol–water partition coefficient (Wildman–Crippen LogP) is 13.2. The van der Waals surface area contributed by atoms with Crippen molar-refractivity contribution in [3.8, 4) is 0 Å². The summed E-state index contributed by atoms with van der Waals surface area (Å²) in [6.45, 7) is 2.28. The minimum Gasteiger partial charge on any atom is -0.305 e. The van der Waals surface area contributed by atoms with Gasteiger partial charge in [0.1, 0.15) is 0 Å². The monoisotopic (exact) mass is 1370 g/mol. The number of rotatable bonds is 8. The van der Waals surface area contributed by atoms with Crippen molar-refractivity contribution in [2.75, 3.05) is 47.1 Å². The molecule has 1 aliphatic rings. The molecule has 0 fully saturated rings. The van der Waals surface area contributed by atoms with Crippen molar-refractivity contribution in [1.82, 2.24) is 0 Å². The lowest BCUT2D eigenvalue weighted by molar-refractivity contribution is 1.48. The van der Waals surface area contributed by atoms with Gasteiger partial charge in [0.2, 0.25) is 0 Å². The van der Waals surface area contributed by atoms with Gasteiger partial charge in [0, 0.05) is 15.4 Å². The van der Waals surface area contributed by atoms with Crippen LogP contribution in [0.25, 0.3) is 0 Å². The van der Waals surface area contributed by atoms with Gasteiger partial charge in [-0.15, -0.1) is 0 Å². The molecule has 0 N–H and O–H groups in total. The van der Waals surface area contributed by atoms with Gasteiger partial charge >= 0.3 is 0 Å². The molecule has 0 atom stereocenters. The Labute approximate surface area is 283 Å². The molecule has 16 heteroatoms. The summed E-state index contributed by atoms with van der Waals surface area (Å²) in [7, 11) is -3.23. The van der Waals surface area contributed by atoms with Gasteiger partial charge < -0.3 is 4.74 Å². The van der Waals surface area contributed by atoms with Gasteiger partial charge in [-0.1, -0.05) is 196 Å². The summed E-state index contributed by atoms with van der Waals surface area (Å²) in [5.74, 6) is 0. The average Bonchev–Trinajstić information content (AvgIpc) is 2.72. The van der Waals surface area contributed by atoms with Crippen LogP contribution in [0.5, 0.6) is 0 Å². The fourth-order valence-corrected chi connectivity index (χ4v) is 46.5. The van der Waals surface area contributed by atoms with E-state index in [0.717, 1.165) is 25.0 Å². The number of hydrogen-bond acceptors (Lipinski definition) is 4. The summed E-state index contributed by atoms with van der Waals surface area (Å²) in [5.41, 5.74) is 0. The first-order valence-corrected chi connectivity index (χ1v) is 27.9. The van der Waals surface area contributed by atoms with Crippen LogP contribution in [-0.2, 0) is 0 Å². The van der Waals surface area contributed by atoms with E-state index in [1.807, 2.05) is 7.05 Å². The fraction of sp³-hybridized carbons (Fsp3) is 1.00. The van der Waals surface area contributed by atoms with Gasteiger partial charge in [-0.3, -0.25) is 0 Å². The summed E-state index contributed by atoms with van der Waals surface area (Å²) >= 11 is 19.8. The summed E-state index contributed by atoms with van der Waals surface area (Å²) in [5, 5.41) is 0. The van der Waals surface area contributed by atoms with Crippen LogP contribution >= 0.6 is 209 Å². The van der Waals surface area contributed by atoms with Crippen LogP contribution in [0.15, 0.2) is 18.3 Å². The zero-order chi connectivity index (χ0) is 20.5. The van der Waals surface area contributed by atoms with Gasteiger partial charge in [-0.25, -0.2) is 13.5 Å². The second-order valence-corrected chi connectivity index (χ2v) is 34.2. The van der Waals surface area contributed by atoms with Crippen molar-refractivity contribution in [2.45, 2.75) is 14.9 Å². The van der Waals surface area contributed by atoms with E-state index >= 15 is 0 Å². The summed E-state index contributed by atoms with van der Waals surface area (Å²) < 4.78 is 29.3. The maximum Gasteiger partial charge on any atom is 0.0995 e. The lowest BCUT2D eigenvalue weighted by Gasteiger charge is -2.33. The smallest absolute Gasteiger partial charge is 0.0995 e. The molecule has 1 rings (SSSR count). The third kappa shape index (κ3) is 12.3. The highest BCUT2D eigenvalue weighted by atomic mass is 127. The normalized spacial score (nSPS) is 18.5. The van der Waals surface area contributed by atoms with E-state index in [4.69, 9.17) is 13.5 Å². The van der Waals surface area contributed by atoms with Gasteiger partial charge in [0.25, 0.3) is 0 Å².